The highest BCUT2D eigenvalue weighted by atomic mass is 16.6. The van der Waals surface area contributed by atoms with Crippen molar-refractivity contribution >= 4 is 23.8 Å². The third-order valence-corrected chi connectivity index (χ3v) is 4.58. The lowest BCUT2D eigenvalue weighted by Crippen LogP contribution is -2.36. The Hall–Kier alpha value is -2.80. The molecule has 166 valence electrons. The number of nitrogen functional groups attached to an aromatic ring is 1. The van der Waals surface area contributed by atoms with Crippen LogP contribution >= 0.6 is 0 Å². The Kier molecular flexibility index (Phi) is 8.47. The number of rotatable bonds is 10. The molecular weight excluding hydrogens is 400 g/mol. The molecule has 12 nitrogen and oxygen atoms in total. The summed E-state index contributed by atoms with van der Waals surface area (Å²) in [5.41, 5.74) is 5.11. The smallest absolute Gasteiger partial charge is 0.351 e. The van der Waals surface area contributed by atoms with E-state index in [0.717, 1.165) is 4.57 Å². The number of nitrogens with one attached hydrogen (secondary N) is 1. The van der Waals surface area contributed by atoms with Crippen LogP contribution < -0.4 is 16.7 Å². The summed E-state index contributed by atoms with van der Waals surface area (Å²) in [6, 6.07) is 0. The zero-order chi connectivity index (χ0) is 22.3. The highest BCUT2D eigenvalue weighted by molar-refractivity contribution is 5.92. The summed E-state index contributed by atoms with van der Waals surface area (Å²) >= 11 is 0. The van der Waals surface area contributed by atoms with Crippen molar-refractivity contribution in [3.63, 3.8) is 0 Å². The predicted octanol–water partition coefficient (Wildman–Crippen LogP) is -1.79. The minimum atomic E-state index is -1.47. The van der Waals surface area contributed by atoms with Crippen LogP contribution in [-0.4, -0.2) is 73.3 Å². The van der Waals surface area contributed by atoms with Crippen molar-refractivity contribution in [2.75, 3.05) is 18.9 Å². The van der Waals surface area contributed by atoms with Gasteiger partial charge in [-0.1, -0.05) is 6.42 Å². The molecule has 1 aromatic rings. The maximum absolute atomic E-state index is 12.1. The Morgan fingerprint density at radius 3 is 2.63 bits per heavy atom. The molecule has 30 heavy (non-hydrogen) atoms. The van der Waals surface area contributed by atoms with E-state index >= 15 is 0 Å². The molecular formula is C18H26N4O8. The van der Waals surface area contributed by atoms with Gasteiger partial charge in [-0.2, -0.15) is 4.98 Å². The van der Waals surface area contributed by atoms with Crippen LogP contribution in [0.3, 0.4) is 0 Å². The van der Waals surface area contributed by atoms with Crippen LogP contribution in [0.25, 0.3) is 6.08 Å². The SMILES string of the molecule is Nc1nc(=O)n([C@@H]2O[C@H](CO)[C@@H](O)[C@H]2O)cc1/C=C/C(=O)NCCCCCC(=O)O. The van der Waals surface area contributed by atoms with E-state index in [2.05, 4.69) is 10.3 Å². The first-order valence-electron chi connectivity index (χ1n) is 9.43. The Morgan fingerprint density at radius 2 is 2.00 bits per heavy atom. The molecule has 0 aliphatic carbocycles. The fraction of sp³-hybridized carbons (Fsp3) is 0.556. The van der Waals surface area contributed by atoms with Gasteiger partial charge in [-0.15, -0.1) is 0 Å². The van der Waals surface area contributed by atoms with Crippen LogP contribution in [0.4, 0.5) is 5.82 Å². The third-order valence-electron chi connectivity index (χ3n) is 4.58. The molecule has 4 atom stereocenters. The number of nitrogens with zero attached hydrogens (tertiary/aromatic N) is 2. The van der Waals surface area contributed by atoms with E-state index in [1.54, 1.807) is 0 Å². The average molecular weight is 426 g/mol. The monoisotopic (exact) mass is 426 g/mol. The molecule has 2 heterocycles. The van der Waals surface area contributed by atoms with Gasteiger partial charge < -0.3 is 36.2 Å². The number of hydrogen-bond acceptors (Lipinski definition) is 9. The van der Waals surface area contributed by atoms with Crippen molar-refractivity contribution in [3.05, 3.63) is 28.3 Å². The molecule has 1 saturated heterocycles. The zero-order valence-electron chi connectivity index (χ0n) is 16.2. The summed E-state index contributed by atoms with van der Waals surface area (Å²) in [6.07, 6.45) is 0.499. The molecule has 7 N–H and O–H groups in total. The summed E-state index contributed by atoms with van der Waals surface area (Å²) < 4.78 is 6.25. The van der Waals surface area contributed by atoms with Crippen LogP contribution in [0.1, 0.15) is 37.5 Å². The van der Waals surface area contributed by atoms with Crippen LogP contribution in [-0.2, 0) is 14.3 Å². The summed E-state index contributed by atoms with van der Waals surface area (Å²) in [6.45, 7) is -0.173. The molecule has 0 bridgehead atoms. The number of carbonyl (C=O) groups excluding carboxylic acids is 1. The second-order valence-corrected chi connectivity index (χ2v) is 6.83. The number of aromatic nitrogens is 2. The van der Waals surface area contributed by atoms with E-state index in [0.29, 0.717) is 25.8 Å². The second-order valence-electron chi connectivity index (χ2n) is 6.83. The van der Waals surface area contributed by atoms with E-state index in [1.165, 1.54) is 18.3 Å². The van der Waals surface area contributed by atoms with Gasteiger partial charge in [-0.05, 0) is 18.9 Å². The highest BCUT2D eigenvalue weighted by Crippen LogP contribution is 2.28. The van der Waals surface area contributed by atoms with Gasteiger partial charge in [0.2, 0.25) is 5.91 Å². The average Bonchev–Trinajstić information content (AvgIpc) is 2.98. The van der Waals surface area contributed by atoms with Gasteiger partial charge in [0.1, 0.15) is 24.1 Å². The number of carbonyl (C=O) groups is 2. The maximum atomic E-state index is 12.1. The topological polar surface area (TPSA) is 197 Å². The lowest BCUT2D eigenvalue weighted by atomic mass is 10.1. The Balaban J connectivity index is 1.99. The number of unbranched alkanes of at least 4 members (excludes halogenated alkanes) is 2. The Labute approximate surface area is 171 Å². The molecule has 0 radical (unpaired) electrons. The van der Waals surface area contributed by atoms with E-state index in [9.17, 15) is 29.7 Å². The highest BCUT2D eigenvalue weighted by Gasteiger charge is 2.43. The number of aliphatic hydroxyl groups excluding tert-OH is 3. The summed E-state index contributed by atoms with van der Waals surface area (Å²) in [5.74, 6) is -1.41. The molecule has 1 aliphatic heterocycles. The van der Waals surface area contributed by atoms with E-state index in [-0.39, 0.29) is 17.8 Å². The van der Waals surface area contributed by atoms with E-state index < -0.39 is 48.7 Å². The fourth-order valence-electron chi connectivity index (χ4n) is 2.93. The predicted molar refractivity (Wildman–Crippen MR) is 104 cm³/mol. The zero-order valence-corrected chi connectivity index (χ0v) is 16.2. The minimum Gasteiger partial charge on any atom is -0.481 e. The molecule has 12 heteroatoms. The van der Waals surface area contributed by atoms with Gasteiger partial charge in [-0.3, -0.25) is 14.2 Å². The van der Waals surface area contributed by atoms with Crippen molar-refractivity contribution in [1.82, 2.24) is 14.9 Å². The number of ether oxygens (including phenoxy) is 1. The van der Waals surface area contributed by atoms with Gasteiger partial charge in [0.25, 0.3) is 0 Å². The number of carboxylic acid groups (broad SMARTS) is 1. The lowest BCUT2D eigenvalue weighted by molar-refractivity contribution is -0.137. The molecule has 1 aliphatic rings. The molecule has 1 fully saturated rings. The summed E-state index contributed by atoms with van der Waals surface area (Å²) in [7, 11) is 0. The number of aliphatic hydroxyl groups is 3. The normalized spacial score (nSPS) is 23.7. The second kappa shape index (κ2) is 10.8. The Morgan fingerprint density at radius 1 is 1.27 bits per heavy atom. The first kappa shape index (κ1) is 23.5. The molecule has 0 aromatic carbocycles. The van der Waals surface area contributed by atoms with Crippen LogP contribution in [0.5, 0.6) is 0 Å². The van der Waals surface area contributed by atoms with Crippen LogP contribution in [0.15, 0.2) is 17.1 Å². The lowest BCUT2D eigenvalue weighted by Gasteiger charge is -2.18. The van der Waals surface area contributed by atoms with Crippen molar-refractivity contribution in [2.24, 2.45) is 0 Å². The largest absolute Gasteiger partial charge is 0.481 e. The minimum absolute atomic E-state index is 0.0886. The quantitative estimate of drug-likeness (QED) is 0.183. The van der Waals surface area contributed by atoms with Crippen LogP contribution in [0.2, 0.25) is 0 Å². The standard InChI is InChI=1S/C18H26N4O8/c19-16-10(5-6-12(24)20-7-3-1-2-4-13(25)26)8-22(18(29)21-16)17-15(28)14(27)11(9-23)30-17/h5-6,8,11,14-15,17,23,27-28H,1-4,7,9H2,(H,20,24)(H,25,26)(H2,19,21,29)/b6-5+/t11-,14-,15-,17-/m1/s1. The van der Waals surface area contributed by atoms with Crippen LogP contribution in [0, 0.1) is 0 Å². The number of aliphatic carboxylic acids is 1. The number of anilines is 1. The van der Waals surface area contributed by atoms with E-state index in [4.69, 9.17) is 15.6 Å². The van der Waals surface area contributed by atoms with Crippen molar-refractivity contribution in [1.29, 1.82) is 0 Å². The summed E-state index contributed by atoms with van der Waals surface area (Å²) in [5, 5.41) is 40.3. The van der Waals surface area contributed by atoms with Crippen molar-refractivity contribution in [3.8, 4) is 0 Å². The van der Waals surface area contributed by atoms with E-state index in [1.807, 2.05) is 0 Å². The molecule has 1 amide bonds. The van der Waals surface area contributed by atoms with Gasteiger partial charge in [0.15, 0.2) is 6.23 Å². The summed E-state index contributed by atoms with van der Waals surface area (Å²) in [4.78, 5) is 38.1. The first-order chi connectivity index (χ1) is 14.2. The number of carboxylic acids is 1. The van der Waals surface area contributed by atoms with Gasteiger partial charge in [0.05, 0.1) is 6.61 Å². The molecule has 0 spiro atoms. The fourth-order valence-corrected chi connectivity index (χ4v) is 2.93. The van der Waals surface area contributed by atoms with Gasteiger partial charge >= 0.3 is 11.7 Å². The molecule has 2 rings (SSSR count). The number of amides is 1. The first-order valence-corrected chi connectivity index (χ1v) is 9.43. The van der Waals surface area contributed by atoms with Gasteiger partial charge in [-0.25, -0.2) is 4.79 Å². The molecule has 0 saturated carbocycles. The third kappa shape index (κ3) is 6.10. The molecule has 0 unspecified atom stereocenters. The Bertz CT molecular complexity index is 840. The number of hydrogen-bond donors (Lipinski definition) is 6. The molecule has 1 aromatic heterocycles. The maximum Gasteiger partial charge on any atom is 0.351 e. The van der Waals surface area contributed by atoms with Gasteiger partial charge in [0, 0.05) is 30.8 Å². The number of nitrogens with two attached hydrogens (primary N) is 1. The van der Waals surface area contributed by atoms with Crippen molar-refractivity contribution in [2.45, 2.75) is 50.2 Å². The van der Waals surface area contributed by atoms with Crippen molar-refractivity contribution < 1.29 is 34.8 Å².